The van der Waals surface area contributed by atoms with Gasteiger partial charge in [-0.3, -0.25) is 0 Å². The summed E-state index contributed by atoms with van der Waals surface area (Å²) in [6.07, 6.45) is 0. The summed E-state index contributed by atoms with van der Waals surface area (Å²) in [4.78, 5) is 0. The molecule has 0 bridgehead atoms. The Balaban J connectivity index is 1.98. The van der Waals surface area contributed by atoms with Gasteiger partial charge in [0.05, 0.1) is 5.41 Å². The third-order valence-electron chi connectivity index (χ3n) is 6.24. The molecule has 0 spiro atoms. The van der Waals surface area contributed by atoms with E-state index in [9.17, 15) is 0 Å². The Hall–Kier alpha value is -2.64. The lowest BCUT2D eigenvalue weighted by Crippen LogP contribution is -2.28. The lowest BCUT2D eigenvalue weighted by Gasteiger charge is -2.34. The minimum atomic E-state index is -0.318. The highest BCUT2D eigenvalue weighted by molar-refractivity contribution is 9.10. The third-order valence-corrected chi connectivity index (χ3v) is 6.90. The maximum absolute atomic E-state index is 3.86. The lowest BCUT2D eigenvalue weighted by atomic mass is 9.67. The molecular formula is C28H23Br. The van der Waals surface area contributed by atoms with Gasteiger partial charge in [0.2, 0.25) is 0 Å². The molecule has 0 heterocycles. The highest BCUT2D eigenvalue weighted by Gasteiger charge is 2.46. The van der Waals surface area contributed by atoms with Gasteiger partial charge in [-0.15, -0.1) is 0 Å². The fourth-order valence-electron chi connectivity index (χ4n) is 4.84. The van der Waals surface area contributed by atoms with E-state index in [2.05, 4.69) is 122 Å². The second-order valence-corrected chi connectivity index (χ2v) is 9.05. The number of rotatable bonds is 2. The molecule has 0 aliphatic heterocycles. The Morgan fingerprint density at radius 1 is 0.586 bits per heavy atom. The minimum absolute atomic E-state index is 0.318. The van der Waals surface area contributed by atoms with Gasteiger partial charge in [0.15, 0.2) is 0 Å². The van der Waals surface area contributed by atoms with Crippen molar-refractivity contribution in [1.82, 2.24) is 0 Å². The molecule has 4 aromatic carbocycles. The zero-order chi connectivity index (χ0) is 20.2. The van der Waals surface area contributed by atoms with Crippen molar-refractivity contribution in [1.29, 1.82) is 0 Å². The summed E-state index contributed by atoms with van der Waals surface area (Å²) in [5.41, 5.74) is 11.5. The molecule has 1 aliphatic carbocycles. The van der Waals surface area contributed by atoms with Crippen molar-refractivity contribution in [3.05, 3.63) is 128 Å². The molecule has 1 aliphatic rings. The van der Waals surface area contributed by atoms with Crippen molar-refractivity contribution in [2.45, 2.75) is 26.2 Å². The first-order chi connectivity index (χ1) is 14.0. The number of benzene rings is 4. The van der Waals surface area contributed by atoms with Gasteiger partial charge in [0, 0.05) is 10.0 Å². The number of hydrogen-bond donors (Lipinski definition) is 0. The molecule has 0 nitrogen and oxygen atoms in total. The van der Waals surface area contributed by atoms with Crippen molar-refractivity contribution in [3.63, 3.8) is 0 Å². The number of fused-ring (bicyclic) bond motifs is 3. The smallest absolute Gasteiger partial charge is 0.0608 e. The van der Waals surface area contributed by atoms with E-state index in [1.54, 1.807) is 0 Å². The highest BCUT2D eigenvalue weighted by Crippen LogP contribution is 2.57. The van der Waals surface area contributed by atoms with Crippen molar-refractivity contribution < 1.29 is 0 Å². The molecule has 0 fully saturated rings. The molecule has 0 saturated heterocycles. The first-order valence-electron chi connectivity index (χ1n) is 10.1. The summed E-state index contributed by atoms with van der Waals surface area (Å²) in [5, 5.41) is 0. The Morgan fingerprint density at radius 2 is 1.14 bits per heavy atom. The summed E-state index contributed by atoms with van der Waals surface area (Å²) >= 11 is 3.86. The average molecular weight is 439 g/mol. The Morgan fingerprint density at radius 3 is 1.72 bits per heavy atom. The van der Waals surface area contributed by atoms with E-state index >= 15 is 0 Å². The van der Waals surface area contributed by atoms with E-state index in [1.807, 2.05) is 0 Å². The first-order valence-corrected chi connectivity index (χ1v) is 10.9. The van der Waals surface area contributed by atoms with Gasteiger partial charge in [-0.05, 0) is 54.7 Å². The van der Waals surface area contributed by atoms with Gasteiger partial charge in [-0.2, -0.15) is 0 Å². The van der Waals surface area contributed by atoms with E-state index in [-0.39, 0.29) is 5.41 Å². The van der Waals surface area contributed by atoms with Crippen LogP contribution in [0.2, 0.25) is 0 Å². The van der Waals surface area contributed by atoms with Crippen molar-refractivity contribution in [3.8, 4) is 11.1 Å². The number of hydrogen-bond acceptors (Lipinski definition) is 0. The SMILES string of the molecule is Cc1ccc(C2(c3ccc(C)cc3)c3cc(C)ccc3-c3c(Br)cccc32)cc1. The van der Waals surface area contributed by atoms with E-state index in [4.69, 9.17) is 0 Å². The summed E-state index contributed by atoms with van der Waals surface area (Å²) < 4.78 is 1.15. The molecule has 1 heteroatoms. The molecule has 0 aromatic heterocycles. The van der Waals surface area contributed by atoms with Crippen LogP contribution >= 0.6 is 15.9 Å². The van der Waals surface area contributed by atoms with Gasteiger partial charge in [-0.25, -0.2) is 0 Å². The molecule has 4 aromatic rings. The second-order valence-electron chi connectivity index (χ2n) is 8.19. The molecule has 0 radical (unpaired) electrons. The second kappa shape index (κ2) is 6.71. The molecule has 5 rings (SSSR count). The van der Waals surface area contributed by atoms with Gasteiger partial charge in [0.25, 0.3) is 0 Å². The van der Waals surface area contributed by atoms with Crippen LogP contribution in [0.15, 0.2) is 89.4 Å². The molecule has 142 valence electrons. The number of halogens is 1. The fourth-order valence-corrected chi connectivity index (χ4v) is 5.42. The average Bonchev–Trinajstić information content (AvgIpc) is 3.01. The van der Waals surface area contributed by atoms with E-state index in [0.717, 1.165) is 4.47 Å². The van der Waals surface area contributed by atoms with Crippen molar-refractivity contribution in [2.24, 2.45) is 0 Å². The van der Waals surface area contributed by atoms with Gasteiger partial charge >= 0.3 is 0 Å². The molecule has 0 N–H and O–H groups in total. The van der Waals surface area contributed by atoms with E-state index in [1.165, 1.54) is 50.1 Å². The molecule has 0 atom stereocenters. The fraction of sp³-hybridized carbons (Fsp3) is 0.143. The van der Waals surface area contributed by atoms with Crippen LogP contribution in [0.5, 0.6) is 0 Å². The monoisotopic (exact) mass is 438 g/mol. The van der Waals surface area contributed by atoms with Gasteiger partial charge < -0.3 is 0 Å². The lowest BCUT2D eigenvalue weighted by molar-refractivity contribution is 0.766. The third kappa shape index (κ3) is 2.64. The van der Waals surface area contributed by atoms with Crippen molar-refractivity contribution >= 4 is 15.9 Å². The van der Waals surface area contributed by atoms with E-state index < -0.39 is 0 Å². The number of aryl methyl sites for hydroxylation is 3. The Kier molecular flexibility index (Phi) is 4.26. The Bertz CT molecular complexity index is 1170. The van der Waals surface area contributed by atoms with Crippen LogP contribution in [0, 0.1) is 20.8 Å². The largest absolute Gasteiger partial charge is 0.0714 e. The van der Waals surface area contributed by atoms with Crippen molar-refractivity contribution in [2.75, 3.05) is 0 Å². The van der Waals surface area contributed by atoms with Crippen LogP contribution in [0.3, 0.4) is 0 Å². The van der Waals surface area contributed by atoms with Crippen LogP contribution in [-0.2, 0) is 5.41 Å². The van der Waals surface area contributed by atoms with E-state index in [0.29, 0.717) is 0 Å². The standard InChI is InChI=1S/C28H23Br/c1-18-7-12-21(13-8-18)28(22-14-9-19(2)10-15-22)24-5-4-6-26(29)27(24)23-16-11-20(3)17-25(23)28/h4-17H,1-3H3. The zero-order valence-electron chi connectivity index (χ0n) is 17.0. The molecule has 29 heavy (non-hydrogen) atoms. The van der Waals surface area contributed by atoms with Crippen LogP contribution in [0.4, 0.5) is 0 Å². The maximum Gasteiger partial charge on any atom is 0.0714 e. The quantitative estimate of drug-likeness (QED) is 0.264. The van der Waals surface area contributed by atoms with Crippen LogP contribution in [-0.4, -0.2) is 0 Å². The summed E-state index contributed by atoms with van der Waals surface area (Å²) in [6.45, 7) is 6.49. The van der Waals surface area contributed by atoms with Crippen LogP contribution < -0.4 is 0 Å². The zero-order valence-corrected chi connectivity index (χ0v) is 18.5. The normalized spacial score (nSPS) is 13.8. The summed E-state index contributed by atoms with van der Waals surface area (Å²) in [7, 11) is 0. The first kappa shape index (κ1) is 18.4. The van der Waals surface area contributed by atoms with Gasteiger partial charge in [0.1, 0.15) is 0 Å². The summed E-state index contributed by atoms with van der Waals surface area (Å²) in [6, 6.07) is 31.7. The predicted molar refractivity (Wildman–Crippen MR) is 126 cm³/mol. The Labute approximate surface area is 181 Å². The predicted octanol–water partition coefficient (Wildman–Crippen LogP) is 7.74. The summed E-state index contributed by atoms with van der Waals surface area (Å²) in [5.74, 6) is 0. The van der Waals surface area contributed by atoms with Crippen LogP contribution in [0.25, 0.3) is 11.1 Å². The molecule has 0 amide bonds. The topological polar surface area (TPSA) is 0 Å². The van der Waals surface area contributed by atoms with Crippen LogP contribution in [0.1, 0.15) is 38.9 Å². The highest BCUT2D eigenvalue weighted by atomic mass is 79.9. The van der Waals surface area contributed by atoms with Gasteiger partial charge in [-0.1, -0.05) is 111 Å². The molecule has 0 unspecified atom stereocenters. The molecular weight excluding hydrogens is 416 g/mol. The minimum Gasteiger partial charge on any atom is -0.0608 e. The molecule has 0 saturated carbocycles. The maximum atomic E-state index is 3.86.